The molecule has 2 N–H and O–H groups in total. The monoisotopic (exact) mass is 728 g/mol. The molecule has 0 amide bonds. The fourth-order valence-corrected chi connectivity index (χ4v) is 18.5. The topological polar surface area (TPSA) is 177 Å². The number of hydrogen-bond acceptors (Lipinski definition) is 9. The maximum atomic E-state index is 14.6. The van der Waals surface area contributed by atoms with Crippen LogP contribution in [0, 0.1) is 45.3 Å². The molecule has 8 fully saturated rings. The maximum Gasteiger partial charge on any atom is 0.352 e. The van der Waals surface area contributed by atoms with Gasteiger partial charge in [-0.2, -0.15) is 8.61 Å². The van der Waals surface area contributed by atoms with Crippen molar-refractivity contribution in [2.24, 2.45) is 45.3 Å². The van der Waals surface area contributed by atoms with E-state index >= 15 is 0 Å². The molecule has 13 nitrogen and oxygen atoms in total. The van der Waals surface area contributed by atoms with Gasteiger partial charge in [0.15, 0.2) is 0 Å². The summed E-state index contributed by atoms with van der Waals surface area (Å²) in [6.07, 6.45) is 3.87. The SMILES string of the molecule is CC1(C)C2CC[C@@]1(CS(=O)(=O)N1CCC[C@]1(O[C@]1(C(=O)O)CCCN1S(=O)(=O)C[C@]13CCC([C@@H]4CCO[C@@H]41)C3(C)C)C(=O)O)[C@@H]1OCC[C@H]21. The highest BCUT2D eigenvalue weighted by Gasteiger charge is 2.74. The molecule has 276 valence electrons. The molecule has 0 radical (unpaired) electrons. The second-order valence-corrected chi connectivity index (χ2v) is 21.5. The predicted octanol–water partition coefficient (Wildman–Crippen LogP) is 3.10. The largest absolute Gasteiger partial charge is 0.478 e. The Morgan fingerprint density at radius 2 is 1.06 bits per heavy atom. The van der Waals surface area contributed by atoms with Gasteiger partial charge in [-0.1, -0.05) is 27.7 Å². The second-order valence-electron chi connectivity index (χ2n) is 17.7. The molecule has 4 saturated heterocycles. The molecule has 15 heteroatoms. The van der Waals surface area contributed by atoms with Crippen molar-refractivity contribution in [3.8, 4) is 0 Å². The lowest BCUT2D eigenvalue weighted by atomic mass is 9.69. The third-order valence-electron chi connectivity index (χ3n) is 15.7. The van der Waals surface area contributed by atoms with Crippen LogP contribution in [0.4, 0.5) is 0 Å². The molecule has 4 aliphatic heterocycles. The highest BCUT2D eigenvalue weighted by Crippen LogP contribution is 2.72. The summed E-state index contributed by atoms with van der Waals surface area (Å²) in [7, 11) is -8.76. The van der Waals surface area contributed by atoms with Crippen molar-refractivity contribution in [2.45, 2.75) is 116 Å². The Labute approximate surface area is 289 Å². The van der Waals surface area contributed by atoms with Gasteiger partial charge in [0.2, 0.25) is 31.5 Å². The molecule has 0 aromatic carbocycles. The highest BCUT2D eigenvalue weighted by atomic mass is 32.2. The summed E-state index contributed by atoms with van der Waals surface area (Å²) in [5.74, 6) is -2.88. The van der Waals surface area contributed by atoms with Gasteiger partial charge in [-0.05, 0) is 85.9 Å². The van der Waals surface area contributed by atoms with Crippen LogP contribution in [0.15, 0.2) is 0 Å². The summed E-state index contributed by atoms with van der Waals surface area (Å²) < 4.78 is 78.8. The van der Waals surface area contributed by atoms with Gasteiger partial charge in [0.1, 0.15) is 0 Å². The van der Waals surface area contributed by atoms with Gasteiger partial charge in [0, 0.05) is 50.0 Å². The lowest BCUT2D eigenvalue weighted by Crippen LogP contribution is -2.66. The van der Waals surface area contributed by atoms with E-state index in [-0.39, 0.29) is 85.2 Å². The molecule has 4 heterocycles. The summed E-state index contributed by atoms with van der Waals surface area (Å²) in [4.78, 5) is 26.7. The predicted molar refractivity (Wildman–Crippen MR) is 175 cm³/mol. The first kappa shape index (κ1) is 34.7. The van der Waals surface area contributed by atoms with Crippen LogP contribution in [0.2, 0.25) is 0 Å². The van der Waals surface area contributed by atoms with Crippen molar-refractivity contribution in [1.82, 2.24) is 8.61 Å². The molecule has 10 atom stereocenters. The molecular formula is C34H52N2O11S2. The van der Waals surface area contributed by atoms with Gasteiger partial charge in [0.05, 0.1) is 23.7 Å². The first-order valence-corrected chi connectivity index (χ1v) is 21.5. The standard InChI is InChI=1S/C34H52N2O11S2/c1-29(2)23-7-13-31(29,25-21(23)9-17-45-25)19-48(41,42)35-15-5-11-33(35,27(37)38)47-34(28(39)40)12-6-16-36(34)49(43,44)20-32-14-8-24(30(32,3)4)22-10-18-46-26(22)32/h21-26H,5-20H2,1-4H3,(H,37,38)(H,39,40)/t21-,22+,23?,24?,25-,26+,31-,32-,33+,34+/m1/s1. The number of ether oxygens (including phenoxy) is 3. The van der Waals surface area contributed by atoms with E-state index in [1.54, 1.807) is 0 Å². The molecule has 0 spiro atoms. The van der Waals surface area contributed by atoms with E-state index in [1.165, 1.54) is 0 Å². The van der Waals surface area contributed by atoms with Crippen molar-refractivity contribution < 1.29 is 50.8 Å². The fourth-order valence-electron chi connectivity index (χ4n) is 13.4. The van der Waals surface area contributed by atoms with Crippen molar-refractivity contribution in [1.29, 1.82) is 0 Å². The summed E-state index contributed by atoms with van der Waals surface area (Å²) in [5.41, 5.74) is -7.38. The van der Waals surface area contributed by atoms with E-state index in [0.29, 0.717) is 37.9 Å². The number of carboxylic acid groups (broad SMARTS) is 2. The number of rotatable bonds is 10. The molecule has 4 saturated carbocycles. The van der Waals surface area contributed by atoms with E-state index in [1.807, 2.05) is 0 Å². The van der Waals surface area contributed by atoms with E-state index in [9.17, 15) is 36.6 Å². The van der Waals surface area contributed by atoms with E-state index in [2.05, 4.69) is 27.7 Å². The molecule has 0 aromatic heterocycles. The number of aliphatic carboxylic acids is 2. The van der Waals surface area contributed by atoms with Crippen LogP contribution in [0.1, 0.15) is 91.9 Å². The second kappa shape index (κ2) is 10.6. The number of carbonyl (C=O) groups is 2. The summed E-state index contributed by atoms with van der Waals surface area (Å²) in [6.45, 7) is 9.12. The Kier molecular flexibility index (Phi) is 7.52. The summed E-state index contributed by atoms with van der Waals surface area (Å²) >= 11 is 0. The third kappa shape index (κ3) is 4.21. The van der Waals surface area contributed by atoms with Gasteiger partial charge >= 0.3 is 11.9 Å². The maximum absolute atomic E-state index is 14.6. The lowest BCUT2D eigenvalue weighted by Gasteiger charge is -2.46. The number of carboxylic acids is 2. The van der Waals surface area contributed by atoms with E-state index in [4.69, 9.17) is 14.2 Å². The minimum atomic E-state index is -4.38. The van der Waals surface area contributed by atoms with Gasteiger partial charge in [-0.25, -0.2) is 26.4 Å². The number of sulfonamides is 2. The summed E-state index contributed by atoms with van der Waals surface area (Å²) in [6, 6.07) is 0. The average molecular weight is 729 g/mol. The van der Waals surface area contributed by atoms with Crippen LogP contribution in [-0.4, -0.2) is 109 Å². The van der Waals surface area contributed by atoms with Crippen molar-refractivity contribution in [3.05, 3.63) is 0 Å². The zero-order valence-corrected chi connectivity index (χ0v) is 30.7. The van der Waals surface area contributed by atoms with Gasteiger partial charge in [-0.15, -0.1) is 0 Å². The minimum Gasteiger partial charge on any atom is -0.478 e. The third-order valence-corrected chi connectivity index (χ3v) is 19.8. The Bertz CT molecular complexity index is 1550. The van der Waals surface area contributed by atoms with Crippen molar-refractivity contribution in [2.75, 3.05) is 37.8 Å². The number of fused-ring (bicyclic) bond motifs is 10. The average Bonchev–Trinajstić information content (AvgIpc) is 3.85. The molecule has 2 unspecified atom stereocenters. The molecular weight excluding hydrogens is 677 g/mol. The quantitative estimate of drug-likeness (QED) is 0.338. The van der Waals surface area contributed by atoms with Gasteiger partial charge in [-0.3, -0.25) is 0 Å². The Hall–Kier alpha value is -1.36. The van der Waals surface area contributed by atoms with Crippen LogP contribution < -0.4 is 0 Å². The first-order valence-electron chi connectivity index (χ1n) is 18.2. The molecule has 8 rings (SSSR count). The van der Waals surface area contributed by atoms with Crippen LogP contribution in [0.3, 0.4) is 0 Å². The zero-order chi connectivity index (χ0) is 35.2. The molecule has 49 heavy (non-hydrogen) atoms. The Balaban J connectivity index is 1.14. The smallest absolute Gasteiger partial charge is 0.352 e. The minimum absolute atomic E-state index is 0.120. The van der Waals surface area contributed by atoms with Crippen LogP contribution >= 0.6 is 0 Å². The summed E-state index contributed by atoms with van der Waals surface area (Å²) in [5, 5.41) is 21.7. The molecule has 8 aliphatic rings. The highest BCUT2D eigenvalue weighted by molar-refractivity contribution is 7.89. The van der Waals surface area contributed by atoms with Gasteiger partial charge < -0.3 is 24.4 Å². The first-order chi connectivity index (χ1) is 22.8. The van der Waals surface area contributed by atoms with Crippen LogP contribution in [-0.2, 0) is 43.8 Å². The van der Waals surface area contributed by atoms with E-state index in [0.717, 1.165) is 34.3 Å². The Morgan fingerprint density at radius 3 is 1.43 bits per heavy atom. The van der Waals surface area contributed by atoms with Crippen LogP contribution in [0.5, 0.6) is 0 Å². The normalized spacial score (nSPS) is 46.9. The molecule has 0 aromatic rings. The van der Waals surface area contributed by atoms with Crippen molar-refractivity contribution in [3.63, 3.8) is 0 Å². The van der Waals surface area contributed by atoms with Crippen molar-refractivity contribution >= 4 is 32.0 Å². The van der Waals surface area contributed by atoms with E-state index < -0.39 is 54.3 Å². The number of hydrogen-bond donors (Lipinski definition) is 2. The van der Waals surface area contributed by atoms with Gasteiger partial charge in [0.25, 0.3) is 0 Å². The Morgan fingerprint density at radius 1 is 0.673 bits per heavy atom. The molecule has 4 bridgehead atoms. The fraction of sp³-hybridized carbons (Fsp3) is 0.941. The van der Waals surface area contributed by atoms with Crippen LogP contribution in [0.25, 0.3) is 0 Å². The number of nitrogens with zero attached hydrogens (tertiary/aromatic N) is 2. The lowest BCUT2D eigenvalue weighted by molar-refractivity contribution is -0.238. The molecule has 4 aliphatic carbocycles. The zero-order valence-electron chi connectivity index (χ0n) is 29.1.